The summed E-state index contributed by atoms with van der Waals surface area (Å²) < 4.78 is 7.87. The van der Waals surface area contributed by atoms with E-state index in [-0.39, 0.29) is 12.7 Å². The number of nitrogens with zero attached hydrogens (tertiary/aromatic N) is 3. The number of aromatic nitrogens is 3. The average Bonchev–Trinajstić information content (AvgIpc) is 3.04. The molecule has 0 aliphatic carbocycles. The molecule has 3 rings (SSSR count). The molecule has 1 aliphatic heterocycles. The van der Waals surface area contributed by atoms with E-state index in [0.29, 0.717) is 12.4 Å². The number of likely N-dealkylation sites (N-methyl/N-ethyl adjacent to an activating group) is 1. The van der Waals surface area contributed by atoms with E-state index in [9.17, 15) is 5.11 Å². The first kappa shape index (κ1) is 13.3. The highest BCUT2D eigenvalue weighted by molar-refractivity contribution is 5.65. The number of nitrogens with two attached hydrogens (primary N) is 1. The Morgan fingerprint density at radius 1 is 1.60 bits per heavy atom. The van der Waals surface area contributed by atoms with E-state index in [1.165, 1.54) is 6.33 Å². The van der Waals surface area contributed by atoms with E-state index < -0.39 is 5.60 Å². The fourth-order valence-corrected chi connectivity index (χ4v) is 2.95. The summed E-state index contributed by atoms with van der Waals surface area (Å²) in [6, 6.07) is 3.87. The lowest BCUT2D eigenvalue weighted by atomic mass is 9.95. The molecule has 0 amide bonds. The predicted molar refractivity (Wildman–Crippen MR) is 74.2 cm³/mol. The van der Waals surface area contributed by atoms with Gasteiger partial charge in [-0.1, -0.05) is 0 Å². The number of ether oxygens (including phenoxy) is 1. The van der Waals surface area contributed by atoms with E-state index >= 15 is 0 Å². The molecule has 2 aromatic rings. The van der Waals surface area contributed by atoms with Gasteiger partial charge in [0, 0.05) is 6.54 Å². The van der Waals surface area contributed by atoms with Crippen LogP contribution in [0, 0.1) is 0 Å². The maximum Gasteiger partial charge on any atom is 0.151 e. The largest absolute Gasteiger partial charge is 0.394 e. The van der Waals surface area contributed by atoms with Gasteiger partial charge in [0.25, 0.3) is 0 Å². The maximum absolute atomic E-state index is 9.32. The molecule has 0 bridgehead atoms. The van der Waals surface area contributed by atoms with Crippen LogP contribution in [-0.2, 0) is 10.3 Å². The van der Waals surface area contributed by atoms with Gasteiger partial charge in [-0.05, 0) is 32.0 Å². The van der Waals surface area contributed by atoms with E-state index in [1.54, 1.807) is 4.52 Å². The smallest absolute Gasteiger partial charge is 0.151 e. The van der Waals surface area contributed by atoms with Crippen LogP contribution in [0.2, 0.25) is 0 Å². The quantitative estimate of drug-likeness (QED) is 0.722. The van der Waals surface area contributed by atoms with Gasteiger partial charge in [-0.15, -0.1) is 0 Å². The third-order valence-corrected chi connectivity index (χ3v) is 3.88. The van der Waals surface area contributed by atoms with Gasteiger partial charge >= 0.3 is 0 Å². The molecular weight excluding hydrogens is 258 g/mol. The fraction of sp³-hybridized carbons (Fsp3) is 0.538. The Morgan fingerprint density at radius 3 is 3.15 bits per heavy atom. The molecule has 108 valence electrons. The minimum Gasteiger partial charge on any atom is -0.394 e. The van der Waals surface area contributed by atoms with Crippen LogP contribution in [0.25, 0.3) is 5.52 Å². The van der Waals surface area contributed by atoms with Crippen molar-refractivity contribution >= 4 is 11.3 Å². The van der Waals surface area contributed by atoms with Crippen LogP contribution >= 0.6 is 0 Å². The normalized spacial score (nSPS) is 26.4. The molecule has 0 saturated carbocycles. The van der Waals surface area contributed by atoms with E-state index in [4.69, 9.17) is 10.5 Å². The summed E-state index contributed by atoms with van der Waals surface area (Å²) in [6.45, 7) is 0.686. The van der Waals surface area contributed by atoms with E-state index in [2.05, 4.69) is 15.4 Å². The van der Waals surface area contributed by atoms with Crippen LogP contribution in [0.1, 0.15) is 18.5 Å². The van der Waals surface area contributed by atoms with Crippen LogP contribution in [0.4, 0.5) is 5.82 Å². The van der Waals surface area contributed by atoms with Crippen molar-refractivity contribution in [3.05, 3.63) is 24.2 Å². The van der Waals surface area contributed by atoms with Crippen molar-refractivity contribution in [1.82, 2.24) is 19.9 Å². The minimum absolute atomic E-state index is 0.0336. The number of hydrogen-bond donors (Lipinski definition) is 3. The van der Waals surface area contributed by atoms with Crippen molar-refractivity contribution in [3.8, 4) is 0 Å². The Morgan fingerprint density at radius 2 is 2.45 bits per heavy atom. The van der Waals surface area contributed by atoms with Gasteiger partial charge in [-0.2, -0.15) is 5.10 Å². The summed E-state index contributed by atoms with van der Waals surface area (Å²) in [4.78, 5) is 4.00. The topological polar surface area (TPSA) is 97.7 Å². The number of hydrogen-bond acceptors (Lipinski definition) is 6. The monoisotopic (exact) mass is 277 g/mol. The molecule has 4 N–H and O–H groups in total. The summed E-state index contributed by atoms with van der Waals surface area (Å²) in [6.07, 6.45) is 2.96. The lowest BCUT2D eigenvalue weighted by molar-refractivity contribution is -0.0645. The molecule has 1 fully saturated rings. The Balaban J connectivity index is 2.09. The van der Waals surface area contributed by atoms with Crippen molar-refractivity contribution in [3.63, 3.8) is 0 Å². The highest BCUT2D eigenvalue weighted by Gasteiger charge is 2.43. The molecule has 0 radical (unpaired) electrons. The maximum atomic E-state index is 9.32. The predicted octanol–water partition coefficient (Wildman–Crippen LogP) is -0.103. The highest BCUT2D eigenvalue weighted by atomic mass is 16.5. The second kappa shape index (κ2) is 5.01. The van der Waals surface area contributed by atoms with Crippen molar-refractivity contribution in [2.75, 3.05) is 25.9 Å². The zero-order chi connectivity index (χ0) is 14.2. The van der Waals surface area contributed by atoms with Crippen molar-refractivity contribution in [2.45, 2.75) is 24.5 Å². The second-order valence-electron chi connectivity index (χ2n) is 5.15. The molecule has 1 unspecified atom stereocenters. The van der Waals surface area contributed by atoms with Crippen LogP contribution in [0.3, 0.4) is 0 Å². The van der Waals surface area contributed by atoms with Crippen LogP contribution in [-0.4, -0.2) is 46.0 Å². The van der Waals surface area contributed by atoms with Crippen molar-refractivity contribution in [2.24, 2.45) is 0 Å². The summed E-state index contributed by atoms with van der Waals surface area (Å²) in [7, 11) is 1.89. The Bertz CT molecular complexity index is 614. The number of nitrogens with one attached hydrogen (secondary N) is 1. The number of rotatable bonds is 4. The molecule has 1 saturated heterocycles. The molecule has 7 nitrogen and oxygen atoms in total. The number of aliphatic hydroxyl groups excluding tert-OH is 1. The molecular formula is C13H19N5O2. The average molecular weight is 277 g/mol. The number of nitrogen functional groups attached to an aromatic ring is 1. The zero-order valence-electron chi connectivity index (χ0n) is 11.4. The van der Waals surface area contributed by atoms with Gasteiger partial charge in [0.05, 0.1) is 18.4 Å². The third kappa shape index (κ3) is 1.94. The van der Waals surface area contributed by atoms with E-state index in [1.807, 2.05) is 19.2 Å². The Labute approximate surface area is 116 Å². The summed E-state index contributed by atoms with van der Waals surface area (Å²) in [5, 5.41) is 16.8. The SMILES string of the molecule is CNC[C@]1(c2ccc3c(N)ncnn23)CCC(CO)O1. The first-order valence-electron chi connectivity index (χ1n) is 6.72. The van der Waals surface area contributed by atoms with Crippen LogP contribution in [0.15, 0.2) is 18.5 Å². The van der Waals surface area contributed by atoms with Crippen LogP contribution in [0.5, 0.6) is 0 Å². The summed E-state index contributed by atoms with van der Waals surface area (Å²) in [5.41, 5.74) is 7.09. The van der Waals surface area contributed by atoms with Gasteiger partial charge in [-0.25, -0.2) is 9.50 Å². The Kier molecular flexibility index (Phi) is 3.33. The third-order valence-electron chi connectivity index (χ3n) is 3.88. The standard InChI is InChI=1S/C13H19N5O2/c1-15-7-13(5-4-9(6-19)20-13)11-3-2-10-12(14)16-8-17-18(10)11/h2-3,8-9,15,19H,4-7H2,1H3,(H2,14,16,17)/t9?,13-/m0/s1. The number of fused-ring (bicyclic) bond motifs is 1. The number of anilines is 1. The molecule has 2 aromatic heterocycles. The molecule has 7 heteroatoms. The zero-order valence-corrected chi connectivity index (χ0v) is 11.4. The first-order chi connectivity index (χ1) is 9.70. The highest BCUT2D eigenvalue weighted by Crippen LogP contribution is 2.39. The molecule has 20 heavy (non-hydrogen) atoms. The molecule has 1 aliphatic rings. The van der Waals surface area contributed by atoms with Gasteiger partial charge in [-0.3, -0.25) is 0 Å². The van der Waals surface area contributed by atoms with Crippen LogP contribution < -0.4 is 11.1 Å². The van der Waals surface area contributed by atoms with Gasteiger partial charge in [0.2, 0.25) is 0 Å². The Hall–Kier alpha value is -1.70. The van der Waals surface area contributed by atoms with Gasteiger partial charge in [0.15, 0.2) is 5.82 Å². The first-order valence-corrected chi connectivity index (χ1v) is 6.72. The van der Waals surface area contributed by atoms with E-state index in [0.717, 1.165) is 24.1 Å². The number of aliphatic hydroxyl groups is 1. The van der Waals surface area contributed by atoms with Crippen molar-refractivity contribution < 1.29 is 9.84 Å². The molecule has 2 atom stereocenters. The fourth-order valence-electron chi connectivity index (χ4n) is 2.95. The minimum atomic E-state index is -0.491. The van der Waals surface area contributed by atoms with Gasteiger partial charge in [0.1, 0.15) is 17.4 Å². The summed E-state index contributed by atoms with van der Waals surface area (Å²) in [5.74, 6) is 0.447. The summed E-state index contributed by atoms with van der Waals surface area (Å²) >= 11 is 0. The lowest BCUT2D eigenvalue weighted by Crippen LogP contribution is -2.38. The van der Waals surface area contributed by atoms with Crippen molar-refractivity contribution in [1.29, 1.82) is 0 Å². The molecule has 0 spiro atoms. The molecule has 3 heterocycles. The second-order valence-corrected chi connectivity index (χ2v) is 5.15. The lowest BCUT2D eigenvalue weighted by Gasteiger charge is -2.29. The molecule has 0 aromatic carbocycles. The van der Waals surface area contributed by atoms with Gasteiger partial charge < -0.3 is 20.9 Å².